The van der Waals surface area contributed by atoms with E-state index >= 15 is 0 Å². The summed E-state index contributed by atoms with van der Waals surface area (Å²) in [6.07, 6.45) is 7.04. The van der Waals surface area contributed by atoms with Crippen LogP contribution in [0.1, 0.15) is 46.1 Å². The highest BCUT2D eigenvalue weighted by atomic mass is 32.1. The Bertz CT molecular complexity index is 1510. The molecule has 0 fully saturated rings. The maximum Gasteiger partial charge on any atom is 0.341 e. The topological polar surface area (TPSA) is 97.0 Å². The Kier molecular flexibility index (Phi) is 7.30. The second kappa shape index (κ2) is 10.9. The van der Waals surface area contributed by atoms with Crippen LogP contribution in [0.15, 0.2) is 59.6 Å². The normalized spacial score (nSPS) is 13.0. The minimum absolute atomic E-state index is 0.0772. The largest absolute Gasteiger partial charge is 0.462 e. The van der Waals surface area contributed by atoms with Gasteiger partial charge in [-0.15, -0.1) is 22.7 Å². The quantitative estimate of drug-likeness (QED) is 0.173. The summed E-state index contributed by atoms with van der Waals surface area (Å²) < 4.78 is 7.02. The number of nitriles is 1. The molecule has 0 saturated heterocycles. The zero-order chi connectivity index (χ0) is 25.8. The fourth-order valence-electron chi connectivity index (χ4n) is 4.36. The Balaban J connectivity index is 1.50. The van der Waals surface area contributed by atoms with Crippen LogP contribution in [0.25, 0.3) is 22.3 Å². The van der Waals surface area contributed by atoms with Gasteiger partial charge in [-0.05, 0) is 67.8 Å². The molecule has 37 heavy (non-hydrogen) atoms. The SMILES string of the molecule is CCOC(=O)c1c(NC(=O)C(C#N)=Cc2cn(-c3ccccc3)nc2-c2cccs2)sc2c1CCCC2. The number of anilines is 1. The van der Waals surface area contributed by atoms with Crippen LogP contribution >= 0.6 is 22.7 Å². The van der Waals surface area contributed by atoms with Gasteiger partial charge in [-0.2, -0.15) is 10.4 Å². The number of ether oxygens (including phenoxy) is 1. The third-order valence-electron chi connectivity index (χ3n) is 6.06. The average Bonchev–Trinajstić information content (AvgIpc) is 3.66. The fourth-order valence-corrected chi connectivity index (χ4v) is 6.36. The van der Waals surface area contributed by atoms with Crippen molar-refractivity contribution in [1.29, 1.82) is 5.26 Å². The monoisotopic (exact) mass is 528 g/mol. The molecule has 186 valence electrons. The number of hydrogen-bond donors (Lipinski definition) is 1. The Morgan fingerprint density at radius 3 is 2.73 bits per heavy atom. The van der Waals surface area contributed by atoms with E-state index in [2.05, 4.69) is 5.32 Å². The second-order valence-corrected chi connectivity index (χ2v) is 10.5. The van der Waals surface area contributed by atoms with E-state index in [1.54, 1.807) is 17.7 Å². The zero-order valence-electron chi connectivity index (χ0n) is 20.2. The number of fused-ring (bicyclic) bond motifs is 1. The van der Waals surface area contributed by atoms with Crippen molar-refractivity contribution in [3.05, 3.63) is 81.2 Å². The predicted octanol–water partition coefficient (Wildman–Crippen LogP) is 6.26. The molecule has 1 aliphatic carbocycles. The van der Waals surface area contributed by atoms with Crippen molar-refractivity contribution in [2.75, 3.05) is 11.9 Å². The molecule has 7 nitrogen and oxygen atoms in total. The summed E-state index contributed by atoms with van der Waals surface area (Å²) in [7, 11) is 0. The first kappa shape index (κ1) is 24.7. The molecule has 0 radical (unpaired) electrons. The number of amides is 1. The number of rotatable bonds is 7. The van der Waals surface area contributed by atoms with Gasteiger partial charge in [0, 0.05) is 16.6 Å². The number of para-hydroxylation sites is 1. The van der Waals surface area contributed by atoms with E-state index in [9.17, 15) is 14.9 Å². The number of esters is 1. The minimum atomic E-state index is -0.573. The molecule has 0 spiro atoms. The van der Waals surface area contributed by atoms with E-state index < -0.39 is 11.9 Å². The first-order chi connectivity index (χ1) is 18.1. The van der Waals surface area contributed by atoms with Crippen molar-refractivity contribution in [2.24, 2.45) is 0 Å². The van der Waals surface area contributed by atoms with Gasteiger partial charge in [-0.3, -0.25) is 4.79 Å². The van der Waals surface area contributed by atoms with E-state index in [4.69, 9.17) is 9.84 Å². The molecule has 1 N–H and O–H groups in total. The summed E-state index contributed by atoms with van der Waals surface area (Å²) in [5, 5.41) is 19.9. The van der Waals surface area contributed by atoms with Gasteiger partial charge < -0.3 is 10.1 Å². The number of benzene rings is 1. The van der Waals surface area contributed by atoms with E-state index in [1.165, 1.54) is 22.7 Å². The summed E-state index contributed by atoms with van der Waals surface area (Å²) in [5.74, 6) is -1.01. The molecule has 0 bridgehead atoms. The Morgan fingerprint density at radius 1 is 1.19 bits per heavy atom. The molecule has 0 unspecified atom stereocenters. The summed E-state index contributed by atoms with van der Waals surface area (Å²) in [6, 6.07) is 15.6. The van der Waals surface area contributed by atoms with Crippen LogP contribution in [-0.4, -0.2) is 28.3 Å². The number of nitrogens with zero attached hydrogens (tertiary/aromatic N) is 3. The molecule has 9 heteroatoms. The van der Waals surface area contributed by atoms with Gasteiger partial charge in [-0.1, -0.05) is 24.3 Å². The van der Waals surface area contributed by atoms with Crippen LogP contribution in [0.4, 0.5) is 5.00 Å². The predicted molar refractivity (Wildman–Crippen MR) is 146 cm³/mol. The number of nitrogens with one attached hydrogen (secondary N) is 1. The van der Waals surface area contributed by atoms with Gasteiger partial charge in [0.15, 0.2) is 0 Å². The van der Waals surface area contributed by atoms with Crippen molar-refractivity contribution < 1.29 is 14.3 Å². The Labute approximate surface area is 222 Å². The summed E-state index contributed by atoms with van der Waals surface area (Å²) >= 11 is 2.93. The van der Waals surface area contributed by atoms with Crippen LogP contribution in [0.2, 0.25) is 0 Å². The number of thiophene rings is 2. The number of aromatic nitrogens is 2. The second-order valence-electron chi connectivity index (χ2n) is 8.45. The standard InChI is InChI=1S/C28H24N4O3S2/c1-2-35-28(34)24-21-11-6-7-12-22(21)37-27(24)30-26(33)18(16-29)15-19-17-32(20-9-4-3-5-10-20)31-25(19)23-13-8-14-36-23/h3-5,8-10,13-15,17H,2,6-7,11-12H2,1H3,(H,30,33). The summed E-state index contributed by atoms with van der Waals surface area (Å²) in [5.41, 5.74) is 3.49. The molecule has 1 aliphatic rings. The Hall–Kier alpha value is -4.00. The third-order valence-corrected chi connectivity index (χ3v) is 8.14. The molecule has 1 amide bonds. The van der Waals surface area contributed by atoms with Gasteiger partial charge in [0.1, 0.15) is 22.3 Å². The molecule has 0 aliphatic heterocycles. The fraction of sp³-hybridized carbons (Fsp3) is 0.214. The third kappa shape index (κ3) is 5.12. The first-order valence-corrected chi connectivity index (χ1v) is 13.7. The highest BCUT2D eigenvalue weighted by Gasteiger charge is 2.28. The van der Waals surface area contributed by atoms with Gasteiger partial charge in [0.05, 0.1) is 22.7 Å². The highest BCUT2D eigenvalue weighted by molar-refractivity contribution is 7.17. The maximum absolute atomic E-state index is 13.3. The summed E-state index contributed by atoms with van der Waals surface area (Å²) in [6.45, 7) is 2.00. The van der Waals surface area contributed by atoms with Crippen molar-refractivity contribution in [2.45, 2.75) is 32.6 Å². The molecule has 0 atom stereocenters. The molecular weight excluding hydrogens is 504 g/mol. The maximum atomic E-state index is 13.3. The lowest BCUT2D eigenvalue weighted by Crippen LogP contribution is -2.16. The molecule has 1 aromatic carbocycles. The Morgan fingerprint density at radius 2 is 2.00 bits per heavy atom. The molecule has 4 aromatic rings. The van der Waals surface area contributed by atoms with Crippen LogP contribution < -0.4 is 5.32 Å². The van der Waals surface area contributed by atoms with Crippen molar-refractivity contribution in [3.8, 4) is 22.3 Å². The molecule has 0 saturated carbocycles. The minimum Gasteiger partial charge on any atom is -0.462 e. The lowest BCUT2D eigenvalue weighted by atomic mass is 9.95. The number of aryl methyl sites for hydroxylation is 1. The van der Waals surface area contributed by atoms with Gasteiger partial charge >= 0.3 is 5.97 Å². The number of carbonyl (C=O) groups is 2. The van der Waals surface area contributed by atoms with Crippen molar-refractivity contribution >= 4 is 45.6 Å². The molecular formula is C28H24N4O3S2. The summed E-state index contributed by atoms with van der Waals surface area (Å²) in [4.78, 5) is 28.1. The van der Waals surface area contributed by atoms with Crippen LogP contribution in [0.5, 0.6) is 0 Å². The van der Waals surface area contributed by atoms with Crippen molar-refractivity contribution in [1.82, 2.24) is 9.78 Å². The van der Waals surface area contributed by atoms with Gasteiger partial charge in [-0.25, -0.2) is 9.48 Å². The molecule has 5 rings (SSSR count). The first-order valence-electron chi connectivity index (χ1n) is 12.0. The van der Waals surface area contributed by atoms with Gasteiger partial charge in [0.25, 0.3) is 5.91 Å². The molecule has 3 aromatic heterocycles. The van der Waals surface area contributed by atoms with E-state index in [1.807, 2.05) is 60.1 Å². The average molecular weight is 529 g/mol. The zero-order valence-corrected chi connectivity index (χ0v) is 21.8. The highest BCUT2D eigenvalue weighted by Crippen LogP contribution is 2.39. The number of carbonyl (C=O) groups excluding carboxylic acids is 2. The van der Waals surface area contributed by atoms with Crippen molar-refractivity contribution in [3.63, 3.8) is 0 Å². The van der Waals surface area contributed by atoms with E-state index in [-0.39, 0.29) is 12.2 Å². The molecule has 3 heterocycles. The van der Waals surface area contributed by atoms with Gasteiger partial charge in [0.2, 0.25) is 0 Å². The smallest absolute Gasteiger partial charge is 0.341 e. The van der Waals surface area contributed by atoms with Crippen LogP contribution in [-0.2, 0) is 22.4 Å². The van der Waals surface area contributed by atoms with Crippen LogP contribution in [0, 0.1) is 11.3 Å². The number of hydrogen-bond acceptors (Lipinski definition) is 7. The van der Waals surface area contributed by atoms with E-state index in [0.717, 1.165) is 46.7 Å². The van der Waals surface area contributed by atoms with E-state index in [0.29, 0.717) is 21.8 Å². The lowest BCUT2D eigenvalue weighted by molar-refractivity contribution is -0.112. The lowest BCUT2D eigenvalue weighted by Gasteiger charge is -2.12. The van der Waals surface area contributed by atoms with Crippen LogP contribution in [0.3, 0.4) is 0 Å².